The highest BCUT2D eigenvalue weighted by atomic mass is 16.6. The largest absolute Gasteiger partial charge is 0.486 e. The smallest absolute Gasteiger partial charge is 0.331 e. The molecule has 0 aliphatic carbocycles. The molecular formula is C20H18N4O5. The summed E-state index contributed by atoms with van der Waals surface area (Å²) in [6, 6.07) is 13.5. The molecule has 0 unspecified atom stereocenters. The van der Waals surface area contributed by atoms with Gasteiger partial charge in [0.25, 0.3) is 0 Å². The Morgan fingerprint density at radius 2 is 1.86 bits per heavy atom. The van der Waals surface area contributed by atoms with Crippen LogP contribution in [0.1, 0.15) is 22.0 Å². The molecule has 0 fully saturated rings. The number of esters is 1. The van der Waals surface area contributed by atoms with Gasteiger partial charge in [0.2, 0.25) is 0 Å². The molecule has 1 aliphatic rings. The van der Waals surface area contributed by atoms with Crippen molar-refractivity contribution in [2.75, 3.05) is 19.8 Å². The first-order chi connectivity index (χ1) is 14.2. The topological polar surface area (TPSA) is 105 Å². The van der Waals surface area contributed by atoms with E-state index in [1.165, 1.54) is 11.0 Å². The van der Waals surface area contributed by atoms with Crippen molar-refractivity contribution >= 4 is 11.8 Å². The van der Waals surface area contributed by atoms with E-state index in [1.807, 2.05) is 30.3 Å². The zero-order chi connectivity index (χ0) is 20.1. The first-order valence-electron chi connectivity index (χ1n) is 9.06. The SMILES string of the molecule is O=C(COC(=O)[C@H](Cc1ccccc1)n1cnnn1)c1ccc2c(c1)OCCO2. The number of ether oxygens (including phenoxy) is 3. The van der Waals surface area contributed by atoms with Crippen molar-refractivity contribution < 1.29 is 23.8 Å². The molecule has 148 valence electrons. The van der Waals surface area contributed by atoms with Crippen LogP contribution >= 0.6 is 0 Å². The predicted octanol–water partition coefficient (Wildman–Crippen LogP) is 1.65. The highest BCUT2D eigenvalue weighted by Gasteiger charge is 2.25. The molecule has 4 rings (SSSR count). The maximum Gasteiger partial charge on any atom is 0.331 e. The van der Waals surface area contributed by atoms with Gasteiger partial charge in [0.15, 0.2) is 29.9 Å². The van der Waals surface area contributed by atoms with Gasteiger partial charge < -0.3 is 14.2 Å². The Bertz CT molecular complexity index is 991. The van der Waals surface area contributed by atoms with E-state index in [2.05, 4.69) is 15.5 Å². The van der Waals surface area contributed by atoms with Crippen LogP contribution in [0.15, 0.2) is 54.9 Å². The third-order valence-electron chi connectivity index (χ3n) is 4.44. The van der Waals surface area contributed by atoms with Crippen LogP contribution in [0.3, 0.4) is 0 Å². The number of Topliss-reactive ketones (excluding diaryl/α,β-unsaturated/α-hetero) is 1. The van der Waals surface area contributed by atoms with Gasteiger partial charge in [-0.2, -0.15) is 0 Å². The van der Waals surface area contributed by atoms with Gasteiger partial charge in [0.05, 0.1) is 0 Å². The molecule has 9 nitrogen and oxygen atoms in total. The summed E-state index contributed by atoms with van der Waals surface area (Å²) in [6.45, 7) is 0.497. The second-order valence-corrected chi connectivity index (χ2v) is 6.38. The van der Waals surface area contributed by atoms with Gasteiger partial charge in [0.1, 0.15) is 19.5 Å². The zero-order valence-corrected chi connectivity index (χ0v) is 15.4. The summed E-state index contributed by atoms with van der Waals surface area (Å²) in [5.74, 6) is 0.160. The standard InChI is InChI=1S/C20H18N4O5/c25-17(15-6-7-18-19(11-15)28-9-8-27-18)12-29-20(26)16(24-13-21-22-23-24)10-14-4-2-1-3-5-14/h1-7,11,13,16H,8-10,12H2/t16-/m0/s1. The number of fused-ring (bicyclic) bond motifs is 1. The number of ketones is 1. The summed E-state index contributed by atoms with van der Waals surface area (Å²) >= 11 is 0. The molecule has 0 amide bonds. The molecule has 2 aromatic carbocycles. The Morgan fingerprint density at radius 3 is 2.62 bits per heavy atom. The van der Waals surface area contributed by atoms with Gasteiger partial charge in [-0.25, -0.2) is 9.48 Å². The molecule has 0 radical (unpaired) electrons. The Kier molecular flexibility index (Phi) is 5.46. The second kappa shape index (κ2) is 8.51. The normalized spacial score (nSPS) is 13.5. The minimum atomic E-state index is -0.777. The fraction of sp³-hybridized carbons (Fsp3) is 0.250. The summed E-state index contributed by atoms with van der Waals surface area (Å²) in [7, 11) is 0. The predicted molar refractivity (Wildman–Crippen MR) is 99.7 cm³/mol. The summed E-state index contributed by atoms with van der Waals surface area (Å²) in [4.78, 5) is 25.2. The average molecular weight is 394 g/mol. The number of carbonyl (C=O) groups excluding carboxylic acids is 2. The monoisotopic (exact) mass is 394 g/mol. The van der Waals surface area contributed by atoms with Crippen LogP contribution in [0.5, 0.6) is 11.5 Å². The number of rotatable bonds is 7. The van der Waals surface area contributed by atoms with Gasteiger partial charge in [-0.1, -0.05) is 30.3 Å². The van der Waals surface area contributed by atoms with E-state index in [1.54, 1.807) is 18.2 Å². The molecule has 1 atom stereocenters. The van der Waals surface area contributed by atoms with Crippen molar-refractivity contribution in [2.24, 2.45) is 0 Å². The van der Waals surface area contributed by atoms with Crippen LogP contribution in [0.2, 0.25) is 0 Å². The summed E-state index contributed by atoms with van der Waals surface area (Å²) in [5.41, 5.74) is 1.30. The fourth-order valence-electron chi connectivity index (χ4n) is 2.97. The lowest BCUT2D eigenvalue weighted by molar-refractivity contribution is -0.146. The number of nitrogens with zero attached hydrogens (tertiary/aromatic N) is 4. The van der Waals surface area contributed by atoms with E-state index in [-0.39, 0.29) is 5.78 Å². The first-order valence-corrected chi connectivity index (χ1v) is 9.06. The molecule has 0 N–H and O–H groups in total. The Balaban J connectivity index is 1.43. The molecule has 0 saturated carbocycles. The number of aromatic nitrogens is 4. The van der Waals surface area contributed by atoms with Crippen molar-refractivity contribution in [3.63, 3.8) is 0 Å². The van der Waals surface area contributed by atoms with Crippen LogP contribution in [-0.4, -0.2) is 51.8 Å². The molecule has 2 heterocycles. The van der Waals surface area contributed by atoms with Gasteiger partial charge in [-0.15, -0.1) is 5.10 Å². The van der Waals surface area contributed by atoms with Crippen molar-refractivity contribution in [3.05, 3.63) is 66.0 Å². The molecule has 3 aromatic rings. The molecule has 0 spiro atoms. The molecular weight excluding hydrogens is 376 g/mol. The molecule has 0 bridgehead atoms. The van der Waals surface area contributed by atoms with Crippen molar-refractivity contribution in [2.45, 2.75) is 12.5 Å². The maximum atomic E-state index is 12.7. The van der Waals surface area contributed by atoms with Gasteiger partial charge in [-0.05, 0) is 34.2 Å². The lowest BCUT2D eigenvalue weighted by Crippen LogP contribution is -2.27. The van der Waals surface area contributed by atoms with E-state index >= 15 is 0 Å². The van der Waals surface area contributed by atoms with Crippen molar-refractivity contribution in [3.8, 4) is 11.5 Å². The number of hydrogen-bond acceptors (Lipinski definition) is 8. The minimum absolute atomic E-state index is 0.336. The summed E-state index contributed by atoms with van der Waals surface area (Å²) < 4.78 is 17.5. The van der Waals surface area contributed by atoms with E-state index in [9.17, 15) is 9.59 Å². The minimum Gasteiger partial charge on any atom is -0.486 e. The lowest BCUT2D eigenvalue weighted by atomic mass is 10.1. The van der Waals surface area contributed by atoms with Gasteiger partial charge >= 0.3 is 5.97 Å². The summed E-state index contributed by atoms with van der Waals surface area (Å²) in [6.07, 6.45) is 1.68. The van der Waals surface area contributed by atoms with Crippen LogP contribution in [0.4, 0.5) is 0 Å². The van der Waals surface area contributed by atoms with Crippen LogP contribution in [0, 0.1) is 0 Å². The quantitative estimate of drug-likeness (QED) is 0.440. The Labute approximate surface area is 166 Å². The van der Waals surface area contributed by atoms with E-state index in [0.717, 1.165) is 5.56 Å². The van der Waals surface area contributed by atoms with Gasteiger partial charge in [-0.3, -0.25) is 4.79 Å². The van der Waals surface area contributed by atoms with Crippen molar-refractivity contribution in [1.29, 1.82) is 0 Å². The zero-order valence-electron chi connectivity index (χ0n) is 15.4. The summed E-state index contributed by atoms with van der Waals surface area (Å²) in [5, 5.41) is 11.0. The number of hydrogen-bond donors (Lipinski definition) is 0. The molecule has 1 aromatic heterocycles. The molecule has 0 saturated heterocycles. The fourth-order valence-corrected chi connectivity index (χ4v) is 2.97. The van der Waals surface area contributed by atoms with E-state index < -0.39 is 18.6 Å². The Morgan fingerprint density at radius 1 is 1.07 bits per heavy atom. The first kappa shape index (κ1) is 18.6. The Hall–Kier alpha value is -3.75. The lowest BCUT2D eigenvalue weighted by Gasteiger charge is -2.19. The highest BCUT2D eigenvalue weighted by Crippen LogP contribution is 2.30. The van der Waals surface area contributed by atoms with Crippen LogP contribution in [0.25, 0.3) is 0 Å². The second-order valence-electron chi connectivity index (χ2n) is 6.38. The van der Waals surface area contributed by atoms with Crippen LogP contribution in [-0.2, 0) is 16.0 Å². The third-order valence-corrected chi connectivity index (χ3v) is 4.44. The molecule has 9 heteroatoms. The number of carbonyl (C=O) groups is 2. The number of tetrazole rings is 1. The van der Waals surface area contributed by atoms with Gasteiger partial charge in [0, 0.05) is 12.0 Å². The third kappa shape index (κ3) is 4.40. The average Bonchev–Trinajstić information content (AvgIpc) is 3.30. The highest BCUT2D eigenvalue weighted by molar-refractivity contribution is 5.98. The number of benzene rings is 2. The van der Waals surface area contributed by atoms with E-state index in [4.69, 9.17) is 14.2 Å². The molecule has 1 aliphatic heterocycles. The van der Waals surface area contributed by atoms with Crippen LogP contribution < -0.4 is 9.47 Å². The maximum absolute atomic E-state index is 12.7. The van der Waals surface area contributed by atoms with E-state index in [0.29, 0.717) is 36.7 Å². The van der Waals surface area contributed by atoms with Crippen molar-refractivity contribution in [1.82, 2.24) is 20.2 Å². The molecule has 29 heavy (non-hydrogen) atoms.